The van der Waals surface area contributed by atoms with Gasteiger partial charge >= 0.3 is 5.97 Å². The predicted octanol–water partition coefficient (Wildman–Crippen LogP) is 3.59. The molecule has 0 aliphatic carbocycles. The number of aldehydes is 1. The van der Waals surface area contributed by atoms with Gasteiger partial charge in [0.1, 0.15) is 6.29 Å². The van der Waals surface area contributed by atoms with Crippen LogP contribution >= 0.6 is 0 Å². The molecule has 0 bridgehead atoms. The summed E-state index contributed by atoms with van der Waals surface area (Å²) in [7, 11) is 0. The van der Waals surface area contributed by atoms with E-state index in [-0.39, 0.29) is 12.1 Å². The Morgan fingerprint density at radius 3 is 2.39 bits per heavy atom. The molecule has 0 aliphatic rings. The van der Waals surface area contributed by atoms with Crippen LogP contribution in [0.1, 0.15) is 53.4 Å². The first kappa shape index (κ1) is 16.6. The van der Waals surface area contributed by atoms with E-state index in [1.54, 1.807) is 0 Å². The molecule has 0 aliphatic heterocycles. The molecule has 0 aromatic carbocycles. The van der Waals surface area contributed by atoms with Crippen molar-refractivity contribution in [2.24, 2.45) is 0 Å². The molecule has 102 valence electrons. The number of hydrogen-bond donors (Lipinski definition) is 0. The number of esters is 1. The molecule has 0 aromatic rings. The maximum Gasteiger partial charge on any atom is 0.302 e. The Morgan fingerprint density at radius 1 is 1.17 bits per heavy atom. The van der Waals surface area contributed by atoms with Gasteiger partial charge in [0.05, 0.1) is 6.10 Å². The van der Waals surface area contributed by atoms with Gasteiger partial charge in [-0.25, -0.2) is 0 Å². The average Bonchev–Trinajstić information content (AvgIpc) is 2.27. The van der Waals surface area contributed by atoms with Gasteiger partial charge in [-0.2, -0.15) is 0 Å². The topological polar surface area (TPSA) is 43.4 Å². The quantitative estimate of drug-likeness (QED) is 0.287. The van der Waals surface area contributed by atoms with Gasteiger partial charge in [0.15, 0.2) is 0 Å². The highest BCUT2D eigenvalue weighted by Crippen LogP contribution is 2.10. The van der Waals surface area contributed by atoms with Crippen molar-refractivity contribution in [3.8, 4) is 0 Å². The summed E-state index contributed by atoms with van der Waals surface area (Å²) >= 11 is 0. The van der Waals surface area contributed by atoms with E-state index in [0.717, 1.165) is 37.5 Å². The Kier molecular flexibility index (Phi) is 8.89. The zero-order chi connectivity index (χ0) is 14.0. The minimum absolute atomic E-state index is 0.0243. The monoisotopic (exact) mass is 252 g/mol. The summed E-state index contributed by atoms with van der Waals surface area (Å²) in [6.07, 6.45) is 8.59. The van der Waals surface area contributed by atoms with Gasteiger partial charge in [0.25, 0.3) is 0 Å². The molecule has 1 atom stereocenters. The largest absolute Gasteiger partial charge is 0.463 e. The minimum Gasteiger partial charge on any atom is -0.463 e. The standard InChI is InChI=1S/C15H24O3/c1-12(7-5-9-13(2)11-16)8-6-10-14(3)18-15(4)17/h8-9,11,14H,5-7,10H2,1-4H3/b12-8+,13-9+. The smallest absolute Gasteiger partial charge is 0.302 e. The van der Waals surface area contributed by atoms with Gasteiger partial charge < -0.3 is 4.74 Å². The molecule has 0 fully saturated rings. The van der Waals surface area contributed by atoms with E-state index < -0.39 is 0 Å². The van der Waals surface area contributed by atoms with Crippen LogP contribution < -0.4 is 0 Å². The van der Waals surface area contributed by atoms with Crippen LogP contribution in [0.2, 0.25) is 0 Å². The normalized spacial score (nSPS) is 14.2. The maximum absolute atomic E-state index is 10.7. The highest BCUT2D eigenvalue weighted by Gasteiger charge is 2.03. The van der Waals surface area contributed by atoms with Crippen LogP contribution in [0.25, 0.3) is 0 Å². The summed E-state index contributed by atoms with van der Waals surface area (Å²) in [5, 5.41) is 0. The minimum atomic E-state index is -0.224. The molecule has 0 aromatic heterocycles. The fourth-order valence-corrected chi connectivity index (χ4v) is 1.58. The third-order valence-corrected chi connectivity index (χ3v) is 2.62. The molecule has 18 heavy (non-hydrogen) atoms. The van der Waals surface area contributed by atoms with Crippen molar-refractivity contribution in [1.82, 2.24) is 0 Å². The SMILES string of the molecule is CC(=O)OC(C)CC/C=C(\C)CC/C=C(\C)C=O. The van der Waals surface area contributed by atoms with Crippen molar-refractivity contribution < 1.29 is 14.3 Å². The third kappa shape index (κ3) is 9.82. The van der Waals surface area contributed by atoms with E-state index in [1.807, 2.05) is 19.9 Å². The molecule has 0 saturated heterocycles. The van der Waals surface area contributed by atoms with Gasteiger partial charge in [0, 0.05) is 6.92 Å². The van der Waals surface area contributed by atoms with Crippen LogP contribution in [0.4, 0.5) is 0 Å². The summed E-state index contributed by atoms with van der Waals surface area (Å²) in [4.78, 5) is 21.1. The lowest BCUT2D eigenvalue weighted by atomic mass is 10.1. The van der Waals surface area contributed by atoms with E-state index in [1.165, 1.54) is 12.5 Å². The Bertz CT molecular complexity index is 327. The molecule has 3 nitrogen and oxygen atoms in total. The zero-order valence-corrected chi connectivity index (χ0v) is 11.9. The molecular formula is C15H24O3. The number of carbonyl (C=O) groups excluding carboxylic acids is 2. The summed E-state index contributed by atoms with van der Waals surface area (Å²) in [5.41, 5.74) is 2.09. The molecule has 0 radical (unpaired) electrons. The molecule has 3 heteroatoms. The number of hydrogen-bond acceptors (Lipinski definition) is 3. The van der Waals surface area contributed by atoms with Gasteiger partial charge in [-0.3, -0.25) is 9.59 Å². The van der Waals surface area contributed by atoms with Crippen molar-refractivity contribution in [1.29, 1.82) is 0 Å². The number of rotatable bonds is 8. The summed E-state index contributed by atoms with van der Waals surface area (Å²) in [5.74, 6) is -0.224. The lowest BCUT2D eigenvalue weighted by Crippen LogP contribution is -2.11. The number of allylic oxidation sites excluding steroid dienone is 4. The first-order valence-corrected chi connectivity index (χ1v) is 6.40. The van der Waals surface area contributed by atoms with Crippen LogP contribution in [0.5, 0.6) is 0 Å². The second-order valence-corrected chi connectivity index (χ2v) is 4.65. The van der Waals surface area contributed by atoms with E-state index in [2.05, 4.69) is 13.0 Å². The Hall–Kier alpha value is -1.38. The van der Waals surface area contributed by atoms with Gasteiger partial charge in [-0.1, -0.05) is 17.7 Å². The fourth-order valence-electron chi connectivity index (χ4n) is 1.58. The van der Waals surface area contributed by atoms with Crippen LogP contribution in [-0.2, 0) is 14.3 Å². The van der Waals surface area contributed by atoms with Crippen molar-refractivity contribution in [2.75, 3.05) is 0 Å². The summed E-state index contributed by atoms with van der Waals surface area (Å²) < 4.78 is 5.04. The molecule has 0 spiro atoms. The predicted molar refractivity (Wildman–Crippen MR) is 73.3 cm³/mol. The second kappa shape index (κ2) is 9.63. The molecular weight excluding hydrogens is 228 g/mol. The molecule has 1 unspecified atom stereocenters. The molecule has 0 saturated carbocycles. The van der Waals surface area contributed by atoms with E-state index in [9.17, 15) is 9.59 Å². The third-order valence-electron chi connectivity index (χ3n) is 2.62. The van der Waals surface area contributed by atoms with Crippen molar-refractivity contribution in [3.05, 3.63) is 23.3 Å². The Balaban J connectivity index is 3.84. The number of carbonyl (C=O) groups is 2. The summed E-state index contributed by atoms with van der Waals surface area (Å²) in [6.45, 7) is 7.23. The van der Waals surface area contributed by atoms with Crippen molar-refractivity contribution in [2.45, 2.75) is 59.5 Å². The van der Waals surface area contributed by atoms with Crippen molar-refractivity contribution >= 4 is 12.3 Å². The second-order valence-electron chi connectivity index (χ2n) is 4.65. The lowest BCUT2D eigenvalue weighted by Gasteiger charge is -2.10. The highest BCUT2D eigenvalue weighted by molar-refractivity contribution is 5.71. The summed E-state index contributed by atoms with van der Waals surface area (Å²) in [6, 6.07) is 0. The molecule has 0 amide bonds. The molecule has 0 N–H and O–H groups in total. The lowest BCUT2D eigenvalue weighted by molar-refractivity contribution is -0.145. The van der Waals surface area contributed by atoms with E-state index in [0.29, 0.717) is 0 Å². The average molecular weight is 252 g/mol. The Labute approximate surface area is 110 Å². The number of ether oxygens (including phenoxy) is 1. The zero-order valence-electron chi connectivity index (χ0n) is 11.9. The van der Waals surface area contributed by atoms with Crippen LogP contribution in [0, 0.1) is 0 Å². The maximum atomic E-state index is 10.7. The fraction of sp³-hybridized carbons (Fsp3) is 0.600. The van der Waals surface area contributed by atoms with Gasteiger partial charge in [0.2, 0.25) is 0 Å². The van der Waals surface area contributed by atoms with Gasteiger partial charge in [-0.05, 0) is 52.0 Å². The highest BCUT2D eigenvalue weighted by atomic mass is 16.5. The first-order chi connectivity index (χ1) is 8.45. The Morgan fingerprint density at radius 2 is 1.83 bits per heavy atom. The molecule has 0 rings (SSSR count). The van der Waals surface area contributed by atoms with E-state index in [4.69, 9.17) is 4.74 Å². The van der Waals surface area contributed by atoms with Crippen LogP contribution in [-0.4, -0.2) is 18.4 Å². The van der Waals surface area contributed by atoms with Crippen LogP contribution in [0.15, 0.2) is 23.3 Å². The van der Waals surface area contributed by atoms with E-state index >= 15 is 0 Å². The van der Waals surface area contributed by atoms with Gasteiger partial charge in [-0.15, -0.1) is 0 Å². The van der Waals surface area contributed by atoms with Crippen molar-refractivity contribution in [3.63, 3.8) is 0 Å². The first-order valence-electron chi connectivity index (χ1n) is 6.40. The molecule has 0 heterocycles. The van der Waals surface area contributed by atoms with Crippen LogP contribution in [0.3, 0.4) is 0 Å².